The van der Waals surface area contributed by atoms with Crippen LogP contribution in [0.5, 0.6) is 0 Å². The molecule has 3 heterocycles. The third-order valence-electron chi connectivity index (χ3n) is 4.55. The summed E-state index contributed by atoms with van der Waals surface area (Å²) in [5.41, 5.74) is 2.64. The van der Waals surface area contributed by atoms with Crippen molar-refractivity contribution in [3.63, 3.8) is 0 Å². The normalized spacial score (nSPS) is 17.2. The Hall–Kier alpha value is -2.96. The minimum absolute atomic E-state index is 0.104. The number of fused-ring (bicyclic) bond motifs is 1. The number of benzene rings is 1. The molecule has 2 aromatic heterocycles. The van der Waals surface area contributed by atoms with Crippen LogP contribution in [0.1, 0.15) is 29.6 Å². The van der Waals surface area contributed by atoms with Crippen LogP contribution < -0.4 is 5.32 Å². The lowest BCUT2D eigenvalue weighted by Gasteiger charge is -2.18. The number of amides is 2. The summed E-state index contributed by atoms with van der Waals surface area (Å²) >= 11 is 0. The molecule has 1 atom stereocenters. The van der Waals surface area contributed by atoms with E-state index in [1.165, 1.54) is 0 Å². The van der Waals surface area contributed by atoms with Gasteiger partial charge >= 0.3 is 6.03 Å². The highest BCUT2D eigenvalue weighted by molar-refractivity contribution is 6.00. The Morgan fingerprint density at radius 1 is 1.36 bits per heavy atom. The molecule has 2 amide bonds. The monoisotopic (exact) mass is 336 g/mol. The number of nitrogens with zero attached hydrogens (tertiary/aromatic N) is 4. The maximum atomic E-state index is 12.7. The fourth-order valence-corrected chi connectivity index (χ4v) is 3.33. The first-order valence-electron chi connectivity index (χ1n) is 8.40. The number of carbonyl (C=O) groups excluding carboxylic acids is 1. The third-order valence-corrected chi connectivity index (χ3v) is 4.55. The highest BCUT2D eigenvalue weighted by Crippen LogP contribution is 2.27. The van der Waals surface area contributed by atoms with Crippen molar-refractivity contribution in [3.8, 4) is 0 Å². The number of anilines is 1. The molecule has 0 aliphatic carbocycles. The lowest BCUT2D eigenvalue weighted by atomic mass is 10.1. The molecule has 0 spiro atoms. The zero-order valence-electron chi connectivity index (χ0n) is 14.3. The van der Waals surface area contributed by atoms with Gasteiger partial charge in [-0.25, -0.2) is 9.78 Å². The van der Waals surface area contributed by atoms with Crippen molar-refractivity contribution in [1.82, 2.24) is 25.1 Å². The molecule has 2 N–H and O–H groups in total. The van der Waals surface area contributed by atoms with E-state index in [1.54, 1.807) is 6.20 Å². The molecule has 7 heteroatoms. The summed E-state index contributed by atoms with van der Waals surface area (Å²) in [6, 6.07) is 7.82. The van der Waals surface area contributed by atoms with Gasteiger partial charge in [0.25, 0.3) is 0 Å². The fourth-order valence-electron chi connectivity index (χ4n) is 3.33. The Kier molecular flexibility index (Phi) is 3.83. The van der Waals surface area contributed by atoms with Crippen molar-refractivity contribution in [3.05, 3.63) is 47.7 Å². The van der Waals surface area contributed by atoms with E-state index < -0.39 is 0 Å². The lowest BCUT2D eigenvalue weighted by molar-refractivity contribution is 0.222. The van der Waals surface area contributed by atoms with E-state index in [2.05, 4.69) is 31.5 Å². The number of aromatic nitrogens is 4. The largest absolute Gasteiger partial charge is 0.324 e. The maximum absolute atomic E-state index is 12.7. The Morgan fingerprint density at radius 3 is 3.04 bits per heavy atom. The van der Waals surface area contributed by atoms with Gasteiger partial charge in [0.2, 0.25) is 0 Å². The van der Waals surface area contributed by atoms with Crippen molar-refractivity contribution in [2.45, 2.75) is 26.2 Å². The smallest absolute Gasteiger partial charge is 0.321 e. The number of rotatable bonds is 2. The zero-order valence-corrected chi connectivity index (χ0v) is 14.3. The van der Waals surface area contributed by atoms with Gasteiger partial charge in [0.15, 0.2) is 5.82 Å². The highest BCUT2D eigenvalue weighted by Gasteiger charge is 2.30. The number of aryl methyl sites for hydroxylation is 2. The van der Waals surface area contributed by atoms with Gasteiger partial charge in [-0.1, -0.05) is 6.07 Å². The van der Waals surface area contributed by atoms with Crippen LogP contribution in [0.2, 0.25) is 0 Å². The zero-order chi connectivity index (χ0) is 17.4. The minimum atomic E-state index is -0.104. The second kappa shape index (κ2) is 6.16. The summed E-state index contributed by atoms with van der Waals surface area (Å²) in [5.74, 6) is 1.77. The predicted molar refractivity (Wildman–Crippen MR) is 95.5 cm³/mol. The van der Waals surface area contributed by atoms with Crippen LogP contribution in [-0.2, 0) is 0 Å². The fraction of sp³-hybridized carbons (Fsp3) is 0.333. The summed E-state index contributed by atoms with van der Waals surface area (Å²) in [6.07, 6.45) is 2.61. The number of pyridine rings is 1. The van der Waals surface area contributed by atoms with Gasteiger partial charge in [-0.05, 0) is 44.0 Å². The van der Waals surface area contributed by atoms with Gasteiger partial charge in [-0.2, -0.15) is 5.10 Å². The number of urea groups is 1. The summed E-state index contributed by atoms with van der Waals surface area (Å²) < 4.78 is 0. The van der Waals surface area contributed by atoms with Gasteiger partial charge in [0.05, 0.1) is 11.2 Å². The number of aromatic amines is 1. The average Bonchev–Trinajstić information content (AvgIpc) is 3.23. The Balaban J connectivity index is 1.51. The molecule has 4 rings (SSSR count). The molecular weight excluding hydrogens is 316 g/mol. The Morgan fingerprint density at radius 2 is 2.24 bits per heavy atom. The van der Waals surface area contributed by atoms with Crippen molar-refractivity contribution < 1.29 is 4.79 Å². The van der Waals surface area contributed by atoms with E-state index in [1.807, 2.05) is 36.9 Å². The maximum Gasteiger partial charge on any atom is 0.321 e. The van der Waals surface area contributed by atoms with E-state index in [4.69, 9.17) is 0 Å². The summed E-state index contributed by atoms with van der Waals surface area (Å²) in [7, 11) is 0. The van der Waals surface area contributed by atoms with Crippen LogP contribution in [0.4, 0.5) is 10.5 Å². The molecule has 0 bridgehead atoms. The molecule has 25 heavy (non-hydrogen) atoms. The van der Waals surface area contributed by atoms with E-state index in [0.717, 1.165) is 40.2 Å². The van der Waals surface area contributed by atoms with Crippen molar-refractivity contribution >= 4 is 22.6 Å². The first-order valence-corrected chi connectivity index (χ1v) is 8.40. The SMILES string of the molecule is Cc1cc(NC(=O)N2CC[C@@H](c3n[nH]c(C)n3)C2)c2ncccc2c1. The molecule has 1 aromatic carbocycles. The summed E-state index contributed by atoms with van der Waals surface area (Å²) in [4.78, 5) is 23.3. The van der Waals surface area contributed by atoms with Crippen LogP contribution in [0.3, 0.4) is 0 Å². The van der Waals surface area contributed by atoms with E-state index >= 15 is 0 Å². The molecule has 128 valence electrons. The standard InChI is InChI=1S/C18H20N6O/c1-11-8-13-4-3-6-19-16(13)15(9-11)21-18(25)24-7-5-14(10-24)17-20-12(2)22-23-17/h3-4,6,8-9,14H,5,7,10H2,1-2H3,(H,21,25)(H,20,22,23)/t14-/m1/s1. The first kappa shape index (κ1) is 15.6. The number of carbonyl (C=O) groups is 1. The molecule has 1 aliphatic rings. The second-order valence-electron chi connectivity index (χ2n) is 6.53. The van der Waals surface area contributed by atoms with Crippen molar-refractivity contribution in [2.75, 3.05) is 18.4 Å². The Bertz CT molecular complexity index is 934. The molecule has 1 aliphatic heterocycles. The summed E-state index contributed by atoms with van der Waals surface area (Å²) in [6.45, 7) is 5.22. The second-order valence-corrected chi connectivity index (χ2v) is 6.53. The molecular formula is C18H20N6O. The van der Waals surface area contributed by atoms with Crippen LogP contribution in [0, 0.1) is 13.8 Å². The topological polar surface area (TPSA) is 86.8 Å². The van der Waals surface area contributed by atoms with Gasteiger partial charge < -0.3 is 10.2 Å². The van der Waals surface area contributed by atoms with Crippen LogP contribution >= 0.6 is 0 Å². The van der Waals surface area contributed by atoms with Crippen LogP contribution in [0.15, 0.2) is 30.5 Å². The van der Waals surface area contributed by atoms with Crippen molar-refractivity contribution in [2.24, 2.45) is 0 Å². The van der Waals surface area contributed by atoms with Gasteiger partial charge in [0, 0.05) is 30.6 Å². The first-order chi connectivity index (χ1) is 12.1. The van der Waals surface area contributed by atoms with Gasteiger partial charge in [-0.3, -0.25) is 10.1 Å². The quantitative estimate of drug-likeness (QED) is 0.753. The van der Waals surface area contributed by atoms with Crippen LogP contribution in [-0.4, -0.2) is 44.2 Å². The number of likely N-dealkylation sites (tertiary alicyclic amines) is 1. The van der Waals surface area contributed by atoms with E-state index in [-0.39, 0.29) is 11.9 Å². The molecule has 1 fully saturated rings. The predicted octanol–water partition coefficient (Wildman–Crippen LogP) is 2.99. The molecule has 0 radical (unpaired) electrons. The van der Waals surface area contributed by atoms with E-state index in [9.17, 15) is 4.79 Å². The average molecular weight is 336 g/mol. The van der Waals surface area contributed by atoms with E-state index in [0.29, 0.717) is 13.1 Å². The minimum Gasteiger partial charge on any atom is -0.324 e. The number of hydrogen-bond donors (Lipinski definition) is 2. The van der Waals surface area contributed by atoms with Crippen LogP contribution in [0.25, 0.3) is 10.9 Å². The van der Waals surface area contributed by atoms with Crippen molar-refractivity contribution in [1.29, 1.82) is 0 Å². The highest BCUT2D eigenvalue weighted by atomic mass is 16.2. The molecule has 0 saturated carbocycles. The Labute approximate surface area is 145 Å². The molecule has 3 aromatic rings. The summed E-state index contributed by atoms with van der Waals surface area (Å²) in [5, 5.41) is 11.1. The van der Waals surface area contributed by atoms with Gasteiger partial charge in [0.1, 0.15) is 5.82 Å². The number of nitrogens with one attached hydrogen (secondary N) is 2. The number of H-pyrrole nitrogens is 1. The van der Waals surface area contributed by atoms with Gasteiger partial charge in [-0.15, -0.1) is 0 Å². The molecule has 7 nitrogen and oxygen atoms in total. The number of hydrogen-bond acceptors (Lipinski definition) is 4. The molecule has 1 saturated heterocycles. The third kappa shape index (κ3) is 3.05. The lowest BCUT2D eigenvalue weighted by Crippen LogP contribution is -2.33. The molecule has 0 unspecified atom stereocenters.